The summed E-state index contributed by atoms with van der Waals surface area (Å²) in [6.45, 7) is 4.85. The van der Waals surface area contributed by atoms with Gasteiger partial charge >= 0.3 is 72.9 Å². The third-order valence-corrected chi connectivity index (χ3v) is 2.02. The fraction of sp³-hybridized carbons (Fsp3) is 0.625. The van der Waals surface area contributed by atoms with Crippen molar-refractivity contribution in [3.8, 4) is 0 Å². The molecular weight excluding hydrogens is 269 g/mol. The number of esters is 1. The maximum Gasteiger partial charge on any atom is 1.00 e. The zero-order valence-corrected chi connectivity index (χ0v) is 15.4. The van der Waals surface area contributed by atoms with Gasteiger partial charge < -0.3 is 17.4 Å². The van der Waals surface area contributed by atoms with Crippen LogP contribution in [0, 0.1) is 0 Å². The Morgan fingerprint density at radius 3 is 2.47 bits per heavy atom. The van der Waals surface area contributed by atoms with Gasteiger partial charge in [0.25, 0.3) is 0 Å². The largest absolute Gasteiger partial charge is 1.00 e. The molecule has 0 radical (unpaired) electrons. The van der Waals surface area contributed by atoms with Crippen molar-refractivity contribution in [2.24, 2.45) is 0 Å². The molecule has 6 nitrogen and oxygen atoms in total. The van der Waals surface area contributed by atoms with Gasteiger partial charge in [0.05, 0.1) is 12.7 Å². The van der Waals surface area contributed by atoms with Gasteiger partial charge in [0.1, 0.15) is 0 Å². The maximum absolute atomic E-state index is 10.7. The predicted molar refractivity (Wildman–Crippen MR) is 55.2 cm³/mol. The molecule has 92 valence electrons. The van der Waals surface area contributed by atoms with Crippen LogP contribution >= 0.6 is 7.82 Å². The molecule has 9 heteroatoms. The smallest absolute Gasteiger partial charge is 1.00 e. The van der Waals surface area contributed by atoms with Gasteiger partial charge in [-0.1, -0.05) is 6.58 Å². The van der Waals surface area contributed by atoms with Crippen LogP contribution in [-0.4, -0.2) is 28.5 Å². The molecule has 0 rings (SSSR count). The van der Waals surface area contributed by atoms with Crippen molar-refractivity contribution in [2.75, 3.05) is 6.61 Å². The van der Waals surface area contributed by atoms with Crippen LogP contribution in [0.1, 0.15) is 22.6 Å². The topological polar surface area (TPSA) is 93.1 Å². The summed E-state index contributed by atoms with van der Waals surface area (Å²) in [6, 6.07) is 0. The molecule has 1 atom stereocenters. The first-order valence-corrected chi connectivity index (χ1v) is 5.91. The number of phosphoric acid groups is 1. The molecule has 0 amide bonds. The first-order valence-electron chi connectivity index (χ1n) is 4.38. The SMILES string of the molecule is C=CC(=O)OC(C)CCCOP(=O)(O)O.[H-].[H-].[Na+].[Na+]. The first kappa shape index (κ1) is 23.4. The minimum absolute atomic E-state index is 0. The summed E-state index contributed by atoms with van der Waals surface area (Å²) >= 11 is 0. The van der Waals surface area contributed by atoms with Crippen molar-refractivity contribution in [1.29, 1.82) is 0 Å². The molecule has 17 heavy (non-hydrogen) atoms. The molecule has 1 unspecified atom stereocenters. The number of phosphoric ester groups is 1. The molecule has 0 heterocycles. The molecular formula is C8H17Na2O6P. The number of hydrogen-bond acceptors (Lipinski definition) is 4. The van der Waals surface area contributed by atoms with E-state index in [2.05, 4.69) is 11.1 Å². The van der Waals surface area contributed by atoms with Gasteiger partial charge in [0, 0.05) is 6.08 Å². The Hall–Kier alpha value is 1.32. The Bertz CT molecular complexity index is 276. The zero-order valence-electron chi connectivity index (χ0n) is 12.5. The third-order valence-electron chi connectivity index (χ3n) is 1.50. The average Bonchev–Trinajstić information content (AvgIpc) is 2.11. The fourth-order valence-electron chi connectivity index (χ4n) is 0.860. The molecule has 0 saturated carbocycles. The van der Waals surface area contributed by atoms with Gasteiger partial charge in [-0.25, -0.2) is 9.36 Å². The van der Waals surface area contributed by atoms with E-state index in [4.69, 9.17) is 14.5 Å². The van der Waals surface area contributed by atoms with Crippen molar-refractivity contribution in [1.82, 2.24) is 0 Å². The van der Waals surface area contributed by atoms with E-state index < -0.39 is 13.8 Å². The molecule has 0 aliphatic rings. The fourth-order valence-corrected chi connectivity index (χ4v) is 1.23. The second-order valence-corrected chi connectivity index (χ2v) is 4.16. The number of carbonyl (C=O) groups is 1. The Kier molecular flexibility index (Phi) is 17.0. The number of carbonyl (C=O) groups excluding carboxylic acids is 1. The van der Waals surface area contributed by atoms with Gasteiger partial charge in [-0.15, -0.1) is 0 Å². The van der Waals surface area contributed by atoms with Crippen LogP contribution in [0.4, 0.5) is 0 Å². The van der Waals surface area contributed by atoms with Crippen molar-refractivity contribution < 1.29 is 90.4 Å². The molecule has 0 spiro atoms. The Morgan fingerprint density at radius 1 is 1.53 bits per heavy atom. The standard InChI is InChI=1S/C8H15O6P.2Na.2H/c1-3-8(9)14-7(2)5-4-6-13-15(10,11)12;;;;/h3,7H,1,4-6H2,2H3,(H2,10,11,12);;;;/q;2*+1;2*-1. The van der Waals surface area contributed by atoms with Crippen molar-refractivity contribution in [2.45, 2.75) is 25.9 Å². The third kappa shape index (κ3) is 17.3. The van der Waals surface area contributed by atoms with Crippen molar-refractivity contribution in [3.63, 3.8) is 0 Å². The molecule has 0 fully saturated rings. The van der Waals surface area contributed by atoms with Gasteiger partial charge in [-0.05, 0) is 19.8 Å². The normalized spacial score (nSPS) is 11.7. The second-order valence-electron chi connectivity index (χ2n) is 2.92. The quantitative estimate of drug-likeness (QED) is 0.160. The molecule has 0 aliphatic carbocycles. The molecule has 2 N–H and O–H groups in total. The van der Waals surface area contributed by atoms with E-state index in [9.17, 15) is 9.36 Å². The molecule has 0 bridgehead atoms. The summed E-state index contributed by atoms with van der Waals surface area (Å²) in [7, 11) is -4.38. The van der Waals surface area contributed by atoms with Gasteiger partial charge in [-0.2, -0.15) is 0 Å². The van der Waals surface area contributed by atoms with E-state index >= 15 is 0 Å². The molecule has 0 aromatic rings. The van der Waals surface area contributed by atoms with Crippen LogP contribution in [0.25, 0.3) is 0 Å². The van der Waals surface area contributed by atoms with Crippen LogP contribution in [0.15, 0.2) is 12.7 Å². The minimum Gasteiger partial charge on any atom is -1.00 e. The summed E-state index contributed by atoms with van der Waals surface area (Å²) < 4.78 is 19.3. The molecule has 0 saturated heterocycles. The molecule has 0 aromatic carbocycles. The van der Waals surface area contributed by atoms with Gasteiger partial charge in [-0.3, -0.25) is 4.52 Å². The summed E-state index contributed by atoms with van der Waals surface area (Å²) in [4.78, 5) is 27.4. The van der Waals surface area contributed by atoms with E-state index in [1.165, 1.54) is 0 Å². The Balaban J connectivity index is -0.000000163. The van der Waals surface area contributed by atoms with E-state index in [1.807, 2.05) is 0 Å². The van der Waals surface area contributed by atoms with Crippen LogP contribution in [0.2, 0.25) is 0 Å². The first-order chi connectivity index (χ1) is 6.85. The average molecular weight is 286 g/mol. The number of hydrogen-bond donors (Lipinski definition) is 2. The van der Waals surface area contributed by atoms with Crippen molar-refractivity contribution in [3.05, 3.63) is 12.7 Å². The molecule has 0 aromatic heterocycles. The van der Waals surface area contributed by atoms with E-state index in [1.54, 1.807) is 6.92 Å². The predicted octanol–water partition coefficient (Wildman–Crippen LogP) is -4.77. The van der Waals surface area contributed by atoms with Crippen LogP contribution < -0.4 is 59.1 Å². The Labute approximate surface area is 148 Å². The monoisotopic (exact) mass is 286 g/mol. The van der Waals surface area contributed by atoms with Gasteiger partial charge in [0.15, 0.2) is 0 Å². The van der Waals surface area contributed by atoms with E-state index in [-0.39, 0.29) is 74.7 Å². The van der Waals surface area contributed by atoms with Crippen molar-refractivity contribution >= 4 is 13.8 Å². The summed E-state index contributed by atoms with van der Waals surface area (Å²) in [5.41, 5.74) is 0. The van der Waals surface area contributed by atoms with E-state index in [0.29, 0.717) is 12.8 Å². The van der Waals surface area contributed by atoms with Crippen LogP contribution in [0.3, 0.4) is 0 Å². The summed E-state index contributed by atoms with van der Waals surface area (Å²) in [5.74, 6) is -0.515. The molecule has 0 aliphatic heterocycles. The van der Waals surface area contributed by atoms with Crippen LogP contribution in [-0.2, 0) is 18.6 Å². The minimum atomic E-state index is -4.38. The van der Waals surface area contributed by atoms with Crippen LogP contribution in [0.5, 0.6) is 0 Å². The maximum atomic E-state index is 10.7. The summed E-state index contributed by atoms with van der Waals surface area (Å²) in [6.07, 6.45) is 1.61. The van der Waals surface area contributed by atoms with E-state index in [0.717, 1.165) is 6.08 Å². The Morgan fingerprint density at radius 2 is 2.06 bits per heavy atom. The number of ether oxygens (including phenoxy) is 1. The second kappa shape index (κ2) is 12.4. The zero-order chi connectivity index (χ0) is 11.9. The van der Waals surface area contributed by atoms with Gasteiger partial charge in [0.2, 0.25) is 0 Å². The summed E-state index contributed by atoms with van der Waals surface area (Å²) in [5, 5.41) is 0. The number of rotatable bonds is 7.